The molecular weight excluding hydrogens is 230 g/mol. The minimum absolute atomic E-state index is 0.394. The van der Waals surface area contributed by atoms with Crippen LogP contribution in [0.2, 0.25) is 0 Å². The lowest BCUT2D eigenvalue weighted by molar-refractivity contribution is -0.145. The first kappa shape index (κ1) is 13.1. The highest BCUT2D eigenvalue weighted by molar-refractivity contribution is 5.73. The largest absolute Gasteiger partial charge is 0.480 e. The zero-order valence-corrected chi connectivity index (χ0v) is 10.4. The number of carbonyl (C=O) groups is 1. The fraction of sp³-hybridized carbons (Fsp3) is 0.500. The Bertz CT molecular complexity index is 374. The Kier molecular flexibility index (Phi) is 4.73. The molecule has 1 aromatic rings. The topological polar surface area (TPSA) is 49.8 Å². The number of rotatable bonds is 5. The van der Waals surface area contributed by atoms with Crippen LogP contribution in [0.5, 0.6) is 0 Å². The van der Waals surface area contributed by atoms with Crippen molar-refractivity contribution in [1.29, 1.82) is 0 Å². The lowest BCUT2D eigenvalue weighted by Gasteiger charge is -2.31. The van der Waals surface area contributed by atoms with Gasteiger partial charge in [-0.2, -0.15) is 0 Å². The van der Waals surface area contributed by atoms with Gasteiger partial charge in [-0.25, -0.2) is 0 Å². The van der Waals surface area contributed by atoms with Crippen molar-refractivity contribution in [2.75, 3.05) is 26.3 Å². The first-order valence-electron chi connectivity index (χ1n) is 6.36. The van der Waals surface area contributed by atoms with Gasteiger partial charge >= 0.3 is 5.97 Å². The number of morpholine rings is 1. The van der Waals surface area contributed by atoms with Crippen LogP contribution in [-0.4, -0.2) is 48.3 Å². The van der Waals surface area contributed by atoms with Gasteiger partial charge in [-0.05, 0) is 18.4 Å². The van der Waals surface area contributed by atoms with Crippen LogP contribution in [0.15, 0.2) is 30.3 Å². The molecule has 0 radical (unpaired) electrons. The summed E-state index contributed by atoms with van der Waals surface area (Å²) in [5, 5.41) is 9.32. The van der Waals surface area contributed by atoms with Crippen LogP contribution in [-0.2, 0) is 16.0 Å². The summed E-state index contributed by atoms with van der Waals surface area (Å²) in [6.07, 6.45) is 1.45. The lowest BCUT2D eigenvalue weighted by Crippen LogP contribution is -2.47. The third-order valence-corrected chi connectivity index (χ3v) is 3.32. The minimum atomic E-state index is -0.729. The zero-order chi connectivity index (χ0) is 12.8. The monoisotopic (exact) mass is 249 g/mol. The molecule has 1 N–H and O–H groups in total. The van der Waals surface area contributed by atoms with E-state index < -0.39 is 12.0 Å². The molecule has 1 aliphatic heterocycles. The molecule has 0 unspecified atom stereocenters. The van der Waals surface area contributed by atoms with E-state index >= 15 is 0 Å². The van der Waals surface area contributed by atoms with E-state index in [1.54, 1.807) is 0 Å². The molecule has 0 aliphatic carbocycles. The Morgan fingerprint density at radius 3 is 2.56 bits per heavy atom. The van der Waals surface area contributed by atoms with Crippen LogP contribution in [0.1, 0.15) is 12.0 Å². The summed E-state index contributed by atoms with van der Waals surface area (Å²) in [7, 11) is 0. The Morgan fingerprint density at radius 2 is 1.94 bits per heavy atom. The number of carboxylic acid groups (broad SMARTS) is 1. The molecule has 1 aromatic carbocycles. The first-order valence-corrected chi connectivity index (χ1v) is 6.36. The number of hydrogen-bond donors (Lipinski definition) is 1. The van der Waals surface area contributed by atoms with E-state index in [4.69, 9.17) is 4.74 Å². The van der Waals surface area contributed by atoms with Crippen LogP contribution in [0.25, 0.3) is 0 Å². The Labute approximate surface area is 107 Å². The molecule has 98 valence electrons. The van der Waals surface area contributed by atoms with Gasteiger partial charge in [0.15, 0.2) is 0 Å². The van der Waals surface area contributed by atoms with E-state index in [0.717, 1.165) is 6.42 Å². The maximum Gasteiger partial charge on any atom is 0.320 e. The number of carboxylic acids is 1. The molecule has 1 atom stereocenters. The molecule has 0 amide bonds. The number of benzene rings is 1. The third-order valence-electron chi connectivity index (χ3n) is 3.32. The molecule has 0 aromatic heterocycles. The highest BCUT2D eigenvalue weighted by Crippen LogP contribution is 2.12. The highest BCUT2D eigenvalue weighted by Gasteiger charge is 2.26. The van der Waals surface area contributed by atoms with Gasteiger partial charge in [0.25, 0.3) is 0 Å². The average molecular weight is 249 g/mol. The summed E-state index contributed by atoms with van der Waals surface area (Å²) in [5.74, 6) is -0.729. The second-order valence-electron chi connectivity index (χ2n) is 4.53. The van der Waals surface area contributed by atoms with Gasteiger partial charge in [0, 0.05) is 13.1 Å². The first-order chi connectivity index (χ1) is 8.77. The standard InChI is InChI=1S/C14H19NO3/c16-14(17)13(15-8-10-18-11-9-15)7-6-12-4-2-1-3-5-12/h1-5,13H,6-11H2,(H,16,17)/t13-/m0/s1. The third kappa shape index (κ3) is 3.55. The van der Waals surface area contributed by atoms with Gasteiger partial charge < -0.3 is 9.84 Å². The van der Waals surface area contributed by atoms with Crippen molar-refractivity contribution >= 4 is 5.97 Å². The van der Waals surface area contributed by atoms with Crippen LogP contribution in [0.4, 0.5) is 0 Å². The molecule has 0 saturated carbocycles. The smallest absolute Gasteiger partial charge is 0.320 e. The summed E-state index contributed by atoms with van der Waals surface area (Å²) < 4.78 is 5.26. The Hall–Kier alpha value is -1.39. The van der Waals surface area contributed by atoms with Crippen molar-refractivity contribution in [3.63, 3.8) is 0 Å². The molecule has 1 heterocycles. The summed E-state index contributed by atoms with van der Waals surface area (Å²) in [6, 6.07) is 9.63. The van der Waals surface area contributed by atoms with Crippen molar-refractivity contribution in [2.45, 2.75) is 18.9 Å². The molecule has 0 spiro atoms. The zero-order valence-electron chi connectivity index (χ0n) is 10.4. The van der Waals surface area contributed by atoms with Crippen LogP contribution < -0.4 is 0 Å². The molecule has 1 saturated heterocycles. The molecular formula is C14H19NO3. The molecule has 2 rings (SSSR count). The predicted octanol–water partition coefficient (Wildman–Crippen LogP) is 1.40. The van der Waals surface area contributed by atoms with Crippen LogP contribution in [0, 0.1) is 0 Å². The Morgan fingerprint density at radius 1 is 1.28 bits per heavy atom. The Balaban J connectivity index is 1.92. The van der Waals surface area contributed by atoms with Gasteiger partial charge in [-0.3, -0.25) is 9.69 Å². The van der Waals surface area contributed by atoms with E-state index in [1.807, 2.05) is 35.2 Å². The van der Waals surface area contributed by atoms with Gasteiger partial charge in [0.1, 0.15) is 6.04 Å². The number of ether oxygens (including phenoxy) is 1. The maximum atomic E-state index is 11.3. The average Bonchev–Trinajstić information content (AvgIpc) is 2.41. The molecule has 4 heteroatoms. The molecule has 4 nitrogen and oxygen atoms in total. The van der Waals surface area contributed by atoms with E-state index in [0.29, 0.717) is 32.7 Å². The SMILES string of the molecule is O=C(O)[C@H](CCc1ccccc1)N1CCOCC1. The second-order valence-corrected chi connectivity index (χ2v) is 4.53. The molecule has 18 heavy (non-hydrogen) atoms. The summed E-state index contributed by atoms with van der Waals surface area (Å²) >= 11 is 0. The number of aryl methyl sites for hydroxylation is 1. The van der Waals surface area contributed by atoms with Crippen molar-refractivity contribution in [3.05, 3.63) is 35.9 Å². The van der Waals surface area contributed by atoms with E-state index in [9.17, 15) is 9.90 Å². The molecule has 0 bridgehead atoms. The fourth-order valence-corrected chi connectivity index (χ4v) is 2.30. The highest BCUT2D eigenvalue weighted by atomic mass is 16.5. The van der Waals surface area contributed by atoms with E-state index in [-0.39, 0.29) is 0 Å². The van der Waals surface area contributed by atoms with Crippen molar-refractivity contribution in [2.24, 2.45) is 0 Å². The number of hydrogen-bond acceptors (Lipinski definition) is 3. The second kappa shape index (κ2) is 6.52. The summed E-state index contributed by atoms with van der Waals surface area (Å²) in [6.45, 7) is 2.70. The van der Waals surface area contributed by atoms with Crippen LogP contribution >= 0.6 is 0 Å². The van der Waals surface area contributed by atoms with Gasteiger partial charge in [-0.15, -0.1) is 0 Å². The molecule has 1 fully saturated rings. The van der Waals surface area contributed by atoms with Gasteiger partial charge in [0.05, 0.1) is 13.2 Å². The van der Waals surface area contributed by atoms with E-state index in [2.05, 4.69) is 0 Å². The fourth-order valence-electron chi connectivity index (χ4n) is 2.30. The summed E-state index contributed by atoms with van der Waals surface area (Å²) in [5.41, 5.74) is 1.19. The van der Waals surface area contributed by atoms with Crippen molar-refractivity contribution in [3.8, 4) is 0 Å². The summed E-state index contributed by atoms with van der Waals surface area (Å²) in [4.78, 5) is 13.3. The number of aliphatic carboxylic acids is 1. The maximum absolute atomic E-state index is 11.3. The van der Waals surface area contributed by atoms with Crippen LogP contribution in [0.3, 0.4) is 0 Å². The minimum Gasteiger partial charge on any atom is -0.480 e. The van der Waals surface area contributed by atoms with Gasteiger partial charge in [0.2, 0.25) is 0 Å². The van der Waals surface area contributed by atoms with Crippen molar-refractivity contribution in [1.82, 2.24) is 4.90 Å². The lowest BCUT2D eigenvalue weighted by atomic mass is 10.0. The number of nitrogens with zero attached hydrogens (tertiary/aromatic N) is 1. The van der Waals surface area contributed by atoms with Gasteiger partial charge in [-0.1, -0.05) is 30.3 Å². The molecule has 1 aliphatic rings. The predicted molar refractivity (Wildman–Crippen MR) is 68.6 cm³/mol. The van der Waals surface area contributed by atoms with Crippen molar-refractivity contribution < 1.29 is 14.6 Å². The normalized spacial score (nSPS) is 18.4. The quantitative estimate of drug-likeness (QED) is 0.857. The van der Waals surface area contributed by atoms with E-state index in [1.165, 1.54) is 5.56 Å².